The third-order valence-electron chi connectivity index (χ3n) is 2.62. The van der Waals surface area contributed by atoms with E-state index in [0.717, 1.165) is 18.4 Å². The number of nitrogens with two attached hydrogens (primary N) is 1. The van der Waals surface area contributed by atoms with E-state index in [2.05, 4.69) is 23.1 Å². The molecule has 0 aliphatic heterocycles. The first kappa shape index (κ1) is 15.8. The average molecular weight is 285 g/mol. The highest BCUT2D eigenvalue weighted by atomic mass is 35.5. The van der Waals surface area contributed by atoms with Gasteiger partial charge in [-0.2, -0.15) is 0 Å². The van der Waals surface area contributed by atoms with Crippen LogP contribution in [0.1, 0.15) is 25.3 Å². The standard InChI is InChI=1S/C13H21ClN4O/c1-2-5-11(15)9-17-18-13(19)16-8-10-6-3-4-7-12(10)14/h3-4,6-7,11,17H,2,5,8-9,15H2,1H3,(H2,16,18,19)/t11-/m0/s1. The van der Waals surface area contributed by atoms with Crippen LogP contribution in [0.3, 0.4) is 0 Å². The van der Waals surface area contributed by atoms with Gasteiger partial charge in [-0.15, -0.1) is 0 Å². The number of amides is 2. The van der Waals surface area contributed by atoms with Crippen LogP contribution in [0, 0.1) is 0 Å². The van der Waals surface area contributed by atoms with Crippen LogP contribution in [0.2, 0.25) is 5.02 Å². The number of carbonyl (C=O) groups excluding carboxylic acids is 1. The van der Waals surface area contributed by atoms with Crippen LogP contribution in [0.4, 0.5) is 4.79 Å². The van der Waals surface area contributed by atoms with Crippen LogP contribution >= 0.6 is 11.6 Å². The number of benzene rings is 1. The molecule has 1 atom stereocenters. The van der Waals surface area contributed by atoms with Gasteiger partial charge in [-0.1, -0.05) is 43.1 Å². The van der Waals surface area contributed by atoms with Gasteiger partial charge in [-0.25, -0.2) is 10.2 Å². The highest BCUT2D eigenvalue weighted by Gasteiger charge is 2.04. The summed E-state index contributed by atoms with van der Waals surface area (Å²) in [6, 6.07) is 7.13. The smallest absolute Gasteiger partial charge is 0.329 e. The quantitative estimate of drug-likeness (QED) is 0.576. The predicted molar refractivity (Wildman–Crippen MR) is 77.7 cm³/mol. The Hall–Kier alpha value is -1.30. The van der Waals surface area contributed by atoms with Gasteiger partial charge in [0.2, 0.25) is 0 Å². The van der Waals surface area contributed by atoms with E-state index in [4.69, 9.17) is 17.3 Å². The molecule has 5 N–H and O–H groups in total. The second-order valence-electron chi connectivity index (χ2n) is 4.33. The minimum Gasteiger partial charge on any atom is -0.333 e. The largest absolute Gasteiger partial charge is 0.333 e. The third kappa shape index (κ3) is 6.42. The molecule has 5 nitrogen and oxygen atoms in total. The molecule has 0 aliphatic carbocycles. The molecule has 0 bridgehead atoms. The average Bonchev–Trinajstić information content (AvgIpc) is 2.38. The Bertz CT molecular complexity index is 400. The Morgan fingerprint density at radius 3 is 2.84 bits per heavy atom. The van der Waals surface area contributed by atoms with Crippen LogP contribution in [0.5, 0.6) is 0 Å². The molecule has 0 spiro atoms. The lowest BCUT2D eigenvalue weighted by molar-refractivity contribution is 0.235. The third-order valence-corrected chi connectivity index (χ3v) is 2.99. The number of hydrogen-bond acceptors (Lipinski definition) is 3. The molecule has 1 rings (SSSR count). The first-order chi connectivity index (χ1) is 9.13. The zero-order valence-electron chi connectivity index (χ0n) is 11.1. The molecule has 106 valence electrons. The summed E-state index contributed by atoms with van der Waals surface area (Å²) < 4.78 is 0. The van der Waals surface area contributed by atoms with Gasteiger partial charge in [0.1, 0.15) is 0 Å². The number of carbonyl (C=O) groups is 1. The molecule has 0 heterocycles. The second kappa shape index (κ2) is 8.74. The number of halogens is 1. The van der Waals surface area contributed by atoms with Gasteiger partial charge in [-0.05, 0) is 18.1 Å². The molecule has 0 unspecified atom stereocenters. The van der Waals surface area contributed by atoms with E-state index < -0.39 is 0 Å². The summed E-state index contributed by atoms with van der Waals surface area (Å²) >= 11 is 5.98. The highest BCUT2D eigenvalue weighted by molar-refractivity contribution is 6.31. The van der Waals surface area contributed by atoms with Crippen molar-refractivity contribution in [2.75, 3.05) is 6.54 Å². The molecule has 1 aromatic carbocycles. The zero-order valence-corrected chi connectivity index (χ0v) is 11.8. The van der Waals surface area contributed by atoms with Gasteiger partial charge < -0.3 is 11.1 Å². The minimum atomic E-state index is -0.302. The molecule has 0 radical (unpaired) electrons. The number of rotatable bonds is 7. The van der Waals surface area contributed by atoms with E-state index in [0.29, 0.717) is 18.1 Å². The highest BCUT2D eigenvalue weighted by Crippen LogP contribution is 2.13. The molecular formula is C13H21ClN4O. The Balaban J connectivity index is 2.20. The first-order valence-corrected chi connectivity index (χ1v) is 6.77. The van der Waals surface area contributed by atoms with Crippen LogP contribution in [-0.2, 0) is 6.54 Å². The maximum absolute atomic E-state index is 11.5. The van der Waals surface area contributed by atoms with E-state index in [1.165, 1.54) is 0 Å². The van der Waals surface area contributed by atoms with Crippen molar-refractivity contribution in [2.45, 2.75) is 32.4 Å². The van der Waals surface area contributed by atoms with Gasteiger partial charge in [0.15, 0.2) is 0 Å². The Labute approximate surface area is 118 Å². The molecule has 0 fully saturated rings. The Morgan fingerprint density at radius 2 is 2.16 bits per heavy atom. The summed E-state index contributed by atoms with van der Waals surface area (Å²) in [7, 11) is 0. The van der Waals surface area contributed by atoms with Crippen molar-refractivity contribution in [3.8, 4) is 0 Å². The van der Waals surface area contributed by atoms with Crippen molar-refractivity contribution in [3.05, 3.63) is 34.9 Å². The van der Waals surface area contributed by atoms with E-state index in [9.17, 15) is 4.79 Å². The van der Waals surface area contributed by atoms with Crippen LogP contribution in [0.15, 0.2) is 24.3 Å². The summed E-state index contributed by atoms with van der Waals surface area (Å²) in [5.41, 5.74) is 12.0. The predicted octanol–water partition coefficient (Wildman–Crippen LogP) is 1.77. The van der Waals surface area contributed by atoms with Gasteiger partial charge in [-0.3, -0.25) is 5.43 Å². The first-order valence-electron chi connectivity index (χ1n) is 6.39. The van der Waals surface area contributed by atoms with Gasteiger partial charge >= 0.3 is 6.03 Å². The summed E-state index contributed by atoms with van der Waals surface area (Å²) in [6.07, 6.45) is 1.96. The number of hydrogen-bond donors (Lipinski definition) is 4. The monoisotopic (exact) mass is 284 g/mol. The van der Waals surface area contributed by atoms with E-state index in [-0.39, 0.29) is 12.1 Å². The molecular weight excluding hydrogens is 264 g/mol. The topological polar surface area (TPSA) is 79.2 Å². The number of urea groups is 1. The SMILES string of the molecule is CCC[C@H](N)CNNC(=O)NCc1ccccc1Cl. The molecule has 0 aliphatic rings. The number of hydrazine groups is 1. The van der Waals surface area contributed by atoms with E-state index >= 15 is 0 Å². The molecule has 19 heavy (non-hydrogen) atoms. The molecule has 6 heteroatoms. The molecule has 2 amide bonds. The molecule has 0 saturated heterocycles. The number of nitrogens with one attached hydrogen (secondary N) is 3. The maximum atomic E-state index is 11.5. The fourth-order valence-electron chi connectivity index (χ4n) is 1.60. The molecule has 0 saturated carbocycles. The van der Waals surface area contributed by atoms with Gasteiger partial charge in [0.25, 0.3) is 0 Å². The van der Waals surface area contributed by atoms with Gasteiger partial charge in [0.05, 0.1) is 0 Å². The summed E-state index contributed by atoms with van der Waals surface area (Å²) in [4.78, 5) is 11.5. The van der Waals surface area contributed by atoms with Crippen LogP contribution in [-0.4, -0.2) is 18.6 Å². The van der Waals surface area contributed by atoms with Crippen molar-refractivity contribution >= 4 is 17.6 Å². The maximum Gasteiger partial charge on any atom is 0.329 e. The fourth-order valence-corrected chi connectivity index (χ4v) is 1.80. The second-order valence-corrected chi connectivity index (χ2v) is 4.74. The lowest BCUT2D eigenvalue weighted by Gasteiger charge is -2.13. The fraction of sp³-hybridized carbons (Fsp3) is 0.462. The molecule has 0 aromatic heterocycles. The lowest BCUT2D eigenvalue weighted by Crippen LogP contribution is -2.48. The summed E-state index contributed by atoms with van der Waals surface area (Å²) in [5.74, 6) is 0. The normalized spacial score (nSPS) is 11.9. The van der Waals surface area contributed by atoms with E-state index in [1.54, 1.807) is 6.07 Å². The van der Waals surface area contributed by atoms with Crippen molar-refractivity contribution < 1.29 is 4.79 Å². The molecule has 1 aromatic rings. The van der Waals surface area contributed by atoms with Crippen molar-refractivity contribution in [3.63, 3.8) is 0 Å². The van der Waals surface area contributed by atoms with Crippen molar-refractivity contribution in [2.24, 2.45) is 5.73 Å². The summed E-state index contributed by atoms with van der Waals surface area (Å²) in [6.45, 7) is 3.01. The Morgan fingerprint density at radius 1 is 1.42 bits per heavy atom. The van der Waals surface area contributed by atoms with E-state index in [1.807, 2.05) is 18.2 Å². The minimum absolute atomic E-state index is 0.0499. The van der Waals surface area contributed by atoms with Crippen LogP contribution in [0.25, 0.3) is 0 Å². The van der Waals surface area contributed by atoms with Crippen LogP contribution < -0.4 is 21.9 Å². The van der Waals surface area contributed by atoms with Crippen molar-refractivity contribution in [1.82, 2.24) is 16.2 Å². The van der Waals surface area contributed by atoms with Gasteiger partial charge in [0, 0.05) is 24.2 Å². The van der Waals surface area contributed by atoms with Crippen molar-refractivity contribution in [1.29, 1.82) is 0 Å². The lowest BCUT2D eigenvalue weighted by atomic mass is 10.2. The zero-order chi connectivity index (χ0) is 14.1. The Kier molecular flexibility index (Phi) is 7.25. The summed E-state index contributed by atoms with van der Waals surface area (Å²) in [5, 5.41) is 3.35.